The molecule has 3 rings (SSSR count). The van der Waals surface area contributed by atoms with Gasteiger partial charge in [0, 0.05) is 30.4 Å². The van der Waals surface area contributed by atoms with Gasteiger partial charge in [-0.1, -0.05) is 17.2 Å². The van der Waals surface area contributed by atoms with Gasteiger partial charge in [0.25, 0.3) is 0 Å². The van der Waals surface area contributed by atoms with Crippen molar-refractivity contribution in [1.82, 2.24) is 0 Å². The van der Waals surface area contributed by atoms with Crippen molar-refractivity contribution in [3.8, 4) is 0 Å². The Labute approximate surface area is 169 Å². The zero-order chi connectivity index (χ0) is 21.7. The van der Waals surface area contributed by atoms with Crippen LogP contribution in [0.4, 0.5) is 0 Å². The first-order valence-electron chi connectivity index (χ1n) is 9.68. The fourth-order valence-electron chi connectivity index (χ4n) is 4.67. The van der Waals surface area contributed by atoms with Gasteiger partial charge in [-0.2, -0.15) is 0 Å². The average Bonchev–Trinajstić information content (AvgIpc) is 3.00. The average molecular weight is 402 g/mol. The molecule has 1 fully saturated rings. The summed E-state index contributed by atoms with van der Waals surface area (Å²) in [5, 5.41) is 0. The molecule has 0 spiro atoms. The molecular formula is C22H26O7. The summed E-state index contributed by atoms with van der Waals surface area (Å²) < 4.78 is 16.9. The maximum atomic E-state index is 12.8. The standard InChI is InChI=1S/C22H26O7/c1-7-10(2)20(25)27-15-9-12(4)16-14(24)8-11(3)17(16)19-18(15)22(6,21(26)28-19)29-13(5)23/h7-8,15,17-19H,9H2,1-6H3/b10-7-. The van der Waals surface area contributed by atoms with Crippen LogP contribution < -0.4 is 0 Å². The van der Waals surface area contributed by atoms with Gasteiger partial charge < -0.3 is 14.2 Å². The van der Waals surface area contributed by atoms with E-state index in [-0.39, 0.29) is 12.2 Å². The van der Waals surface area contributed by atoms with Crippen molar-refractivity contribution < 1.29 is 33.4 Å². The van der Waals surface area contributed by atoms with E-state index in [1.54, 1.807) is 26.0 Å². The largest absolute Gasteiger partial charge is 0.458 e. The number of hydrogen-bond acceptors (Lipinski definition) is 7. The highest BCUT2D eigenvalue weighted by molar-refractivity contribution is 6.09. The number of ether oxygens (including phenoxy) is 3. The van der Waals surface area contributed by atoms with Gasteiger partial charge in [0.2, 0.25) is 5.60 Å². The molecular weight excluding hydrogens is 376 g/mol. The minimum absolute atomic E-state index is 0.127. The number of rotatable bonds is 3. The van der Waals surface area contributed by atoms with Crippen molar-refractivity contribution in [2.75, 3.05) is 0 Å². The van der Waals surface area contributed by atoms with Crippen LogP contribution in [0.5, 0.6) is 0 Å². The third-order valence-electron chi connectivity index (χ3n) is 6.13. The van der Waals surface area contributed by atoms with E-state index in [2.05, 4.69) is 0 Å². The van der Waals surface area contributed by atoms with Gasteiger partial charge in [0.15, 0.2) is 5.78 Å². The van der Waals surface area contributed by atoms with Crippen LogP contribution in [0.15, 0.2) is 34.4 Å². The summed E-state index contributed by atoms with van der Waals surface area (Å²) in [6.07, 6.45) is 1.86. The number of fused-ring (bicyclic) bond motifs is 3. The van der Waals surface area contributed by atoms with Gasteiger partial charge >= 0.3 is 17.9 Å². The summed E-state index contributed by atoms with van der Waals surface area (Å²) in [5.41, 5.74) is 0.921. The van der Waals surface area contributed by atoms with Crippen LogP contribution in [0.25, 0.3) is 0 Å². The summed E-state index contributed by atoms with van der Waals surface area (Å²) >= 11 is 0. The molecule has 0 aromatic heterocycles. The van der Waals surface area contributed by atoms with Crippen molar-refractivity contribution in [1.29, 1.82) is 0 Å². The summed E-state index contributed by atoms with van der Waals surface area (Å²) in [5.74, 6) is -3.18. The lowest BCUT2D eigenvalue weighted by Crippen LogP contribution is -2.50. The highest BCUT2D eigenvalue weighted by Crippen LogP contribution is 2.51. The maximum absolute atomic E-state index is 12.8. The summed E-state index contributed by atoms with van der Waals surface area (Å²) in [4.78, 5) is 49.7. The van der Waals surface area contributed by atoms with Crippen LogP contribution in [0.3, 0.4) is 0 Å². The van der Waals surface area contributed by atoms with Crippen LogP contribution in [0, 0.1) is 11.8 Å². The molecule has 1 saturated heterocycles. The van der Waals surface area contributed by atoms with E-state index in [4.69, 9.17) is 14.2 Å². The van der Waals surface area contributed by atoms with Gasteiger partial charge in [-0.3, -0.25) is 9.59 Å². The highest BCUT2D eigenvalue weighted by Gasteiger charge is 2.65. The van der Waals surface area contributed by atoms with Crippen molar-refractivity contribution >= 4 is 23.7 Å². The normalized spacial score (nSPS) is 34.1. The Bertz CT molecular complexity index is 891. The number of ketones is 1. The predicted octanol–water partition coefficient (Wildman–Crippen LogP) is 2.59. The Kier molecular flexibility index (Phi) is 5.28. The Morgan fingerprint density at radius 3 is 2.48 bits per heavy atom. The van der Waals surface area contributed by atoms with Crippen molar-refractivity contribution in [2.24, 2.45) is 11.8 Å². The van der Waals surface area contributed by atoms with Crippen molar-refractivity contribution in [3.63, 3.8) is 0 Å². The van der Waals surface area contributed by atoms with E-state index in [1.807, 2.05) is 13.8 Å². The minimum Gasteiger partial charge on any atom is -0.458 e. The van der Waals surface area contributed by atoms with Crippen molar-refractivity contribution in [2.45, 2.75) is 65.8 Å². The van der Waals surface area contributed by atoms with Gasteiger partial charge in [-0.25, -0.2) is 9.59 Å². The van der Waals surface area contributed by atoms with Crippen LogP contribution in [-0.2, 0) is 33.4 Å². The van der Waals surface area contributed by atoms with E-state index in [9.17, 15) is 19.2 Å². The van der Waals surface area contributed by atoms with E-state index in [1.165, 1.54) is 13.8 Å². The fraction of sp³-hybridized carbons (Fsp3) is 0.545. The molecule has 5 atom stereocenters. The summed E-state index contributed by atoms with van der Waals surface area (Å²) in [6, 6.07) is 0. The van der Waals surface area contributed by atoms with Crippen LogP contribution in [-0.4, -0.2) is 41.5 Å². The molecule has 0 aromatic carbocycles. The molecule has 0 amide bonds. The molecule has 0 aromatic rings. The van der Waals surface area contributed by atoms with E-state index in [0.717, 1.165) is 11.1 Å². The second-order valence-corrected chi connectivity index (χ2v) is 8.14. The molecule has 7 nitrogen and oxygen atoms in total. The first kappa shape index (κ1) is 21.0. The summed E-state index contributed by atoms with van der Waals surface area (Å²) in [7, 11) is 0. The smallest absolute Gasteiger partial charge is 0.351 e. The fourth-order valence-corrected chi connectivity index (χ4v) is 4.67. The van der Waals surface area contributed by atoms with Crippen molar-refractivity contribution in [3.05, 3.63) is 34.4 Å². The van der Waals surface area contributed by atoms with Crippen LogP contribution >= 0.6 is 0 Å². The zero-order valence-electron chi connectivity index (χ0n) is 17.5. The maximum Gasteiger partial charge on any atom is 0.351 e. The topological polar surface area (TPSA) is 96.0 Å². The lowest BCUT2D eigenvalue weighted by Gasteiger charge is -2.34. The van der Waals surface area contributed by atoms with Gasteiger partial charge in [-0.05, 0) is 40.7 Å². The third kappa shape index (κ3) is 3.32. The Balaban J connectivity index is 2.13. The Morgan fingerprint density at radius 1 is 1.24 bits per heavy atom. The molecule has 0 saturated carbocycles. The third-order valence-corrected chi connectivity index (χ3v) is 6.13. The quantitative estimate of drug-likeness (QED) is 0.407. The molecule has 1 heterocycles. The van der Waals surface area contributed by atoms with Gasteiger partial charge in [0.1, 0.15) is 12.2 Å². The van der Waals surface area contributed by atoms with E-state index >= 15 is 0 Å². The molecule has 7 heteroatoms. The molecule has 156 valence electrons. The second-order valence-electron chi connectivity index (χ2n) is 8.14. The molecule has 0 bridgehead atoms. The lowest BCUT2D eigenvalue weighted by atomic mass is 9.77. The number of allylic oxidation sites excluding steroid dienone is 2. The summed E-state index contributed by atoms with van der Waals surface area (Å²) in [6.45, 7) is 9.69. The molecule has 29 heavy (non-hydrogen) atoms. The number of carbonyl (C=O) groups is 4. The highest BCUT2D eigenvalue weighted by atomic mass is 16.6. The SMILES string of the molecule is C/C=C(/C)C(=O)OC1CC(C)=C2C(=O)C=C(C)C2C2OC(=O)C(C)(OC(C)=O)C12. The number of carbonyl (C=O) groups excluding carboxylic acids is 4. The Morgan fingerprint density at radius 2 is 1.90 bits per heavy atom. The van der Waals surface area contributed by atoms with E-state index < -0.39 is 47.6 Å². The van der Waals surface area contributed by atoms with Gasteiger partial charge in [0.05, 0.1) is 5.92 Å². The zero-order valence-corrected chi connectivity index (χ0v) is 17.5. The number of hydrogen-bond donors (Lipinski definition) is 0. The first-order valence-corrected chi connectivity index (χ1v) is 9.68. The molecule has 0 radical (unpaired) electrons. The molecule has 1 aliphatic heterocycles. The first-order chi connectivity index (χ1) is 13.5. The molecule has 3 aliphatic rings. The lowest BCUT2D eigenvalue weighted by molar-refractivity contribution is -0.176. The van der Waals surface area contributed by atoms with Crippen LogP contribution in [0.2, 0.25) is 0 Å². The molecule has 2 aliphatic carbocycles. The monoisotopic (exact) mass is 402 g/mol. The van der Waals surface area contributed by atoms with Crippen LogP contribution in [0.1, 0.15) is 48.0 Å². The Hall–Kier alpha value is -2.70. The van der Waals surface area contributed by atoms with E-state index in [0.29, 0.717) is 11.1 Å². The molecule has 0 N–H and O–H groups in total. The minimum atomic E-state index is -1.62. The predicted molar refractivity (Wildman–Crippen MR) is 102 cm³/mol. The van der Waals surface area contributed by atoms with Gasteiger partial charge in [-0.15, -0.1) is 0 Å². The molecule has 5 unspecified atom stereocenters. The number of esters is 3. The second kappa shape index (κ2) is 7.28.